The third-order valence-electron chi connectivity index (χ3n) is 2.94. The van der Waals surface area contributed by atoms with Crippen LogP contribution in [0.3, 0.4) is 0 Å². The van der Waals surface area contributed by atoms with Gasteiger partial charge in [-0.2, -0.15) is 18.3 Å². The van der Waals surface area contributed by atoms with Crippen LogP contribution in [-0.4, -0.2) is 29.2 Å². The van der Waals surface area contributed by atoms with Gasteiger partial charge in [0.25, 0.3) is 5.91 Å². The van der Waals surface area contributed by atoms with Crippen LogP contribution in [-0.2, 0) is 6.18 Å². The number of hydrogen-bond acceptors (Lipinski definition) is 3. The first kappa shape index (κ1) is 18.2. The van der Waals surface area contributed by atoms with Crippen molar-refractivity contribution >= 4 is 35.3 Å². The molecule has 1 amide bonds. The second kappa shape index (κ2) is 7.19. The zero-order valence-corrected chi connectivity index (χ0v) is 13.7. The van der Waals surface area contributed by atoms with Gasteiger partial charge in [-0.15, -0.1) is 0 Å². The fraction of sp³-hybridized carbons (Fsp3) is 0.133. The summed E-state index contributed by atoms with van der Waals surface area (Å²) in [6.07, 6.45) is -2.78. The van der Waals surface area contributed by atoms with E-state index < -0.39 is 17.6 Å². The van der Waals surface area contributed by atoms with Gasteiger partial charge in [0, 0.05) is 23.8 Å². The first-order valence-corrected chi connectivity index (χ1v) is 7.24. The van der Waals surface area contributed by atoms with Crippen LogP contribution in [0.5, 0.6) is 0 Å². The Balaban J connectivity index is 2.15. The van der Waals surface area contributed by atoms with E-state index in [1.54, 1.807) is 12.1 Å². The van der Waals surface area contributed by atoms with Crippen molar-refractivity contribution in [1.82, 2.24) is 9.99 Å². The summed E-state index contributed by atoms with van der Waals surface area (Å²) in [5.41, 5.74) is -0.596. The van der Waals surface area contributed by atoms with E-state index in [4.69, 9.17) is 23.2 Å². The zero-order valence-electron chi connectivity index (χ0n) is 12.2. The molecule has 0 saturated carbocycles. The van der Waals surface area contributed by atoms with Crippen molar-refractivity contribution in [3.63, 3.8) is 0 Å². The molecule has 9 heteroatoms. The fourth-order valence-electron chi connectivity index (χ4n) is 1.67. The van der Waals surface area contributed by atoms with E-state index in [2.05, 4.69) is 10.1 Å². The summed E-state index contributed by atoms with van der Waals surface area (Å²) >= 11 is 11.5. The molecule has 1 aromatic carbocycles. The number of aromatic nitrogens is 1. The third kappa shape index (κ3) is 4.46. The highest BCUT2D eigenvalue weighted by molar-refractivity contribution is 6.32. The van der Waals surface area contributed by atoms with Gasteiger partial charge in [0.05, 0.1) is 16.8 Å². The zero-order chi connectivity index (χ0) is 17.9. The van der Waals surface area contributed by atoms with Gasteiger partial charge in [-0.3, -0.25) is 9.78 Å². The van der Waals surface area contributed by atoms with E-state index in [0.717, 1.165) is 17.3 Å². The van der Waals surface area contributed by atoms with Crippen molar-refractivity contribution in [2.45, 2.75) is 6.18 Å². The maximum absolute atomic E-state index is 12.5. The Bertz CT molecular complexity index is 777. The highest BCUT2D eigenvalue weighted by Crippen LogP contribution is 2.30. The maximum Gasteiger partial charge on any atom is 0.417 e. The molecule has 0 bridgehead atoms. The highest BCUT2D eigenvalue weighted by Gasteiger charge is 2.31. The fourth-order valence-corrected chi connectivity index (χ4v) is 2.01. The van der Waals surface area contributed by atoms with Gasteiger partial charge in [0.1, 0.15) is 5.69 Å². The van der Waals surface area contributed by atoms with Gasteiger partial charge in [-0.25, -0.2) is 5.01 Å². The molecular weight excluding hydrogens is 366 g/mol. The van der Waals surface area contributed by atoms with Crippen molar-refractivity contribution in [2.24, 2.45) is 5.10 Å². The normalized spacial score (nSPS) is 11.8. The molecule has 0 aliphatic rings. The average molecular weight is 376 g/mol. The van der Waals surface area contributed by atoms with Crippen molar-refractivity contribution < 1.29 is 18.0 Å². The average Bonchev–Trinajstić information content (AvgIpc) is 2.52. The molecule has 0 unspecified atom stereocenters. The standard InChI is InChI=1S/C15H10Cl2F3N3O/c1-23(14(24)9-2-4-11(16)5-3-9)22-8-13-12(17)6-10(7-21-13)15(18,19)20/h2-8H,1H3. The molecule has 2 rings (SSSR count). The number of benzene rings is 1. The van der Waals surface area contributed by atoms with Crippen LogP contribution in [0.25, 0.3) is 0 Å². The number of carbonyl (C=O) groups is 1. The van der Waals surface area contributed by atoms with Crippen LogP contribution in [0, 0.1) is 0 Å². The number of hydrazone groups is 1. The number of pyridine rings is 1. The lowest BCUT2D eigenvalue weighted by molar-refractivity contribution is -0.137. The second-order valence-corrected chi connectivity index (χ2v) is 5.51. The quantitative estimate of drug-likeness (QED) is 0.585. The van der Waals surface area contributed by atoms with Crippen LogP contribution in [0.4, 0.5) is 13.2 Å². The van der Waals surface area contributed by atoms with Gasteiger partial charge >= 0.3 is 6.18 Å². The SMILES string of the molecule is CN(N=Cc1ncc(C(F)(F)F)cc1Cl)C(=O)c1ccc(Cl)cc1. The topological polar surface area (TPSA) is 45.6 Å². The number of rotatable bonds is 3. The largest absolute Gasteiger partial charge is 0.417 e. The van der Waals surface area contributed by atoms with Crippen molar-refractivity contribution in [3.8, 4) is 0 Å². The molecule has 0 saturated heterocycles. The number of carbonyl (C=O) groups excluding carboxylic acids is 1. The van der Waals surface area contributed by atoms with Crippen LogP contribution in [0.15, 0.2) is 41.6 Å². The Hall–Kier alpha value is -2.12. The minimum atomic E-state index is -4.53. The summed E-state index contributed by atoms with van der Waals surface area (Å²) in [6, 6.07) is 6.91. The van der Waals surface area contributed by atoms with E-state index in [9.17, 15) is 18.0 Å². The molecule has 0 spiro atoms. The summed E-state index contributed by atoms with van der Waals surface area (Å²) in [5, 5.41) is 5.12. The van der Waals surface area contributed by atoms with E-state index in [1.165, 1.54) is 19.2 Å². The Labute approximate surface area is 145 Å². The minimum Gasteiger partial charge on any atom is -0.267 e. The van der Waals surface area contributed by atoms with E-state index in [0.29, 0.717) is 16.8 Å². The smallest absolute Gasteiger partial charge is 0.267 e. The lowest BCUT2D eigenvalue weighted by Gasteiger charge is -2.11. The van der Waals surface area contributed by atoms with Crippen LogP contribution < -0.4 is 0 Å². The van der Waals surface area contributed by atoms with Crippen LogP contribution in [0.1, 0.15) is 21.6 Å². The van der Waals surface area contributed by atoms with E-state index in [1.807, 2.05) is 0 Å². The lowest BCUT2D eigenvalue weighted by atomic mass is 10.2. The van der Waals surface area contributed by atoms with Crippen molar-refractivity contribution in [1.29, 1.82) is 0 Å². The van der Waals surface area contributed by atoms with Crippen LogP contribution in [0.2, 0.25) is 10.0 Å². The summed E-state index contributed by atoms with van der Waals surface area (Å²) in [6.45, 7) is 0. The van der Waals surface area contributed by atoms with Gasteiger partial charge in [-0.05, 0) is 30.3 Å². The third-order valence-corrected chi connectivity index (χ3v) is 3.49. The maximum atomic E-state index is 12.5. The van der Waals surface area contributed by atoms with Gasteiger partial charge in [-0.1, -0.05) is 23.2 Å². The van der Waals surface area contributed by atoms with Crippen LogP contribution >= 0.6 is 23.2 Å². The molecular formula is C15H10Cl2F3N3O. The molecule has 24 heavy (non-hydrogen) atoms. The summed E-state index contributed by atoms with van der Waals surface area (Å²) in [5.74, 6) is -0.425. The Morgan fingerprint density at radius 2 is 1.88 bits per heavy atom. The number of alkyl halides is 3. The molecule has 0 radical (unpaired) electrons. The molecule has 0 aliphatic heterocycles. The molecule has 0 fully saturated rings. The molecule has 2 aromatic rings. The molecule has 0 atom stereocenters. The minimum absolute atomic E-state index is 0.0143. The first-order chi connectivity index (χ1) is 11.2. The molecule has 4 nitrogen and oxygen atoms in total. The van der Waals surface area contributed by atoms with E-state index in [-0.39, 0.29) is 10.7 Å². The number of halogens is 5. The number of nitrogens with zero attached hydrogens (tertiary/aromatic N) is 3. The Morgan fingerprint density at radius 1 is 1.25 bits per heavy atom. The van der Waals surface area contributed by atoms with Gasteiger partial charge < -0.3 is 0 Å². The monoisotopic (exact) mass is 375 g/mol. The predicted molar refractivity (Wildman–Crippen MR) is 85.4 cm³/mol. The van der Waals surface area contributed by atoms with Crippen molar-refractivity contribution in [2.75, 3.05) is 7.05 Å². The molecule has 0 N–H and O–H groups in total. The predicted octanol–water partition coefficient (Wildman–Crippen LogP) is 4.51. The number of hydrogen-bond donors (Lipinski definition) is 0. The lowest BCUT2D eigenvalue weighted by Crippen LogP contribution is -2.21. The number of amides is 1. The molecule has 126 valence electrons. The molecule has 1 heterocycles. The van der Waals surface area contributed by atoms with Crippen molar-refractivity contribution in [3.05, 3.63) is 63.4 Å². The summed E-state index contributed by atoms with van der Waals surface area (Å²) < 4.78 is 37.6. The highest BCUT2D eigenvalue weighted by atomic mass is 35.5. The molecule has 0 aliphatic carbocycles. The van der Waals surface area contributed by atoms with Gasteiger partial charge in [0.2, 0.25) is 0 Å². The van der Waals surface area contributed by atoms with E-state index >= 15 is 0 Å². The molecule has 1 aromatic heterocycles. The Morgan fingerprint density at radius 3 is 2.42 bits per heavy atom. The summed E-state index contributed by atoms with van der Waals surface area (Å²) in [4.78, 5) is 15.7. The van der Waals surface area contributed by atoms with Gasteiger partial charge in [0.15, 0.2) is 0 Å². The Kier molecular flexibility index (Phi) is 5.46. The first-order valence-electron chi connectivity index (χ1n) is 6.49. The second-order valence-electron chi connectivity index (χ2n) is 4.67. The summed E-state index contributed by atoms with van der Waals surface area (Å²) in [7, 11) is 1.39.